The van der Waals surface area contributed by atoms with Gasteiger partial charge in [0.15, 0.2) is 5.28 Å². The Morgan fingerprint density at radius 1 is 1.32 bits per heavy atom. The molecule has 0 aliphatic heterocycles. The summed E-state index contributed by atoms with van der Waals surface area (Å²) < 4.78 is 26.2. The van der Waals surface area contributed by atoms with Crippen LogP contribution in [0.15, 0.2) is 34.4 Å². The lowest BCUT2D eigenvalue weighted by atomic mass is 10.2. The van der Waals surface area contributed by atoms with Gasteiger partial charge in [-0.1, -0.05) is 17.7 Å². The SMILES string of the molecule is CO/N=[N+](\[O-])CC(=O)NCCNS(=O)(=O)c1ccc(C)cc1. The molecule has 0 aliphatic carbocycles. The first kappa shape index (κ1) is 17.9. The Balaban J connectivity index is 2.39. The Morgan fingerprint density at radius 3 is 2.55 bits per heavy atom. The summed E-state index contributed by atoms with van der Waals surface area (Å²) in [6.45, 7) is 1.38. The molecular weight excluding hydrogens is 312 g/mol. The fraction of sp³-hybridized carbons (Fsp3) is 0.417. The second kappa shape index (κ2) is 8.29. The lowest BCUT2D eigenvalue weighted by Gasteiger charge is -2.07. The van der Waals surface area contributed by atoms with E-state index in [0.717, 1.165) is 5.56 Å². The second-order valence-corrected chi connectivity index (χ2v) is 6.10. The molecule has 0 unspecified atom stereocenters. The number of carbonyl (C=O) groups is 1. The fourth-order valence-electron chi connectivity index (χ4n) is 1.49. The third kappa shape index (κ3) is 6.06. The van der Waals surface area contributed by atoms with Gasteiger partial charge in [0.2, 0.25) is 10.0 Å². The van der Waals surface area contributed by atoms with Gasteiger partial charge in [-0.3, -0.25) is 4.79 Å². The van der Waals surface area contributed by atoms with Crippen LogP contribution in [0.2, 0.25) is 0 Å². The van der Waals surface area contributed by atoms with E-state index in [9.17, 15) is 18.4 Å². The topological polar surface area (TPSA) is 123 Å². The number of sulfonamides is 1. The third-order valence-corrected chi connectivity index (χ3v) is 4.00. The van der Waals surface area contributed by atoms with Crippen molar-refractivity contribution in [1.82, 2.24) is 10.0 Å². The molecule has 1 aromatic carbocycles. The number of nitrogens with zero attached hydrogens (tertiary/aromatic N) is 2. The molecule has 0 saturated carbocycles. The van der Waals surface area contributed by atoms with Gasteiger partial charge >= 0.3 is 0 Å². The largest absolute Gasteiger partial charge is 0.597 e. The molecule has 0 bridgehead atoms. The van der Waals surface area contributed by atoms with Gasteiger partial charge in [0.1, 0.15) is 7.11 Å². The van der Waals surface area contributed by atoms with E-state index in [1.54, 1.807) is 12.1 Å². The highest BCUT2D eigenvalue weighted by atomic mass is 32.2. The number of hydrogen-bond donors (Lipinski definition) is 2. The number of nitrogens with one attached hydrogen (secondary N) is 2. The average Bonchev–Trinajstić information content (AvgIpc) is 2.44. The lowest BCUT2D eigenvalue weighted by molar-refractivity contribution is -0.546. The van der Waals surface area contributed by atoms with Crippen LogP contribution in [0.3, 0.4) is 0 Å². The zero-order chi connectivity index (χ0) is 16.6. The van der Waals surface area contributed by atoms with Crippen molar-refractivity contribution in [1.29, 1.82) is 0 Å². The molecule has 2 N–H and O–H groups in total. The molecule has 0 atom stereocenters. The summed E-state index contributed by atoms with van der Waals surface area (Å²) in [4.78, 5) is 15.7. The first-order valence-electron chi connectivity index (χ1n) is 6.37. The molecule has 0 fully saturated rings. The Kier molecular flexibility index (Phi) is 6.73. The van der Waals surface area contributed by atoms with E-state index in [0.29, 0.717) is 0 Å². The number of aryl methyl sites for hydroxylation is 1. The smallest absolute Gasteiger partial charge is 0.289 e. The van der Waals surface area contributed by atoms with Crippen LogP contribution in [-0.2, 0) is 19.7 Å². The minimum Gasteiger partial charge on any atom is -0.597 e. The molecule has 0 aliphatic rings. The number of carbonyl (C=O) groups excluding carboxylic acids is 1. The predicted molar refractivity (Wildman–Crippen MR) is 77.3 cm³/mol. The van der Waals surface area contributed by atoms with Gasteiger partial charge in [-0.05, 0) is 23.9 Å². The molecule has 0 spiro atoms. The number of rotatable bonds is 8. The van der Waals surface area contributed by atoms with E-state index in [4.69, 9.17) is 0 Å². The van der Waals surface area contributed by atoms with E-state index in [-0.39, 0.29) is 22.8 Å². The van der Waals surface area contributed by atoms with Gasteiger partial charge in [0.05, 0.1) is 4.90 Å². The van der Waals surface area contributed by atoms with Crippen molar-refractivity contribution in [2.75, 3.05) is 26.7 Å². The first-order valence-corrected chi connectivity index (χ1v) is 7.85. The Bertz CT molecular complexity index is 627. The van der Waals surface area contributed by atoms with Crippen LogP contribution in [0.25, 0.3) is 0 Å². The lowest BCUT2D eigenvalue weighted by Crippen LogP contribution is -2.37. The van der Waals surface area contributed by atoms with E-state index in [1.807, 2.05) is 6.92 Å². The van der Waals surface area contributed by atoms with Crippen LogP contribution in [0.5, 0.6) is 0 Å². The van der Waals surface area contributed by atoms with Crippen molar-refractivity contribution in [2.24, 2.45) is 5.28 Å². The second-order valence-electron chi connectivity index (χ2n) is 4.34. The minimum absolute atomic E-state index is 0.00221. The Labute approximate surface area is 128 Å². The minimum atomic E-state index is -3.62. The summed E-state index contributed by atoms with van der Waals surface area (Å²) >= 11 is 0. The standard InChI is InChI=1S/C12H18N4O5S/c1-10-3-5-11(6-4-10)22(19,20)14-8-7-13-12(17)9-16(18)15-21-2/h3-6,14H,7-9H2,1-2H3,(H,13,17)/b16-15-. The van der Waals surface area contributed by atoms with Crippen molar-refractivity contribution in [2.45, 2.75) is 11.8 Å². The summed E-state index contributed by atoms with van der Waals surface area (Å²) in [7, 11) is -2.44. The molecular formula is C12H18N4O5S. The van der Waals surface area contributed by atoms with E-state index >= 15 is 0 Å². The number of hydroxylamine groups is 1. The maximum absolute atomic E-state index is 11.9. The molecule has 22 heavy (non-hydrogen) atoms. The van der Waals surface area contributed by atoms with Crippen LogP contribution in [-0.4, -0.2) is 45.9 Å². The van der Waals surface area contributed by atoms with E-state index in [2.05, 4.69) is 20.2 Å². The Morgan fingerprint density at radius 2 is 1.95 bits per heavy atom. The molecule has 1 rings (SSSR count). The highest BCUT2D eigenvalue weighted by Gasteiger charge is 2.13. The van der Waals surface area contributed by atoms with Gasteiger partial charge < -0.3 is 15.4 Å². The van der Waals surface area contributed by atoms with Crippen molar-refractivity contribution >= 4 is 15.9 Å². The zero-order valence-electron chi connectivity index (χ0n) is 12.3. The zero-order valence-corrected chi connectivity index (χ0v) is 13.1. The third-order valence-electron chi connectivity index (χ3n) is 2.52. The van der Waals surface area contributed by atoms with Crippen LogP contribution >= 0.6 is 0 Å². The quantitative estimate of drug-likeness (QED) is 0.298. The van der Waals surface area contributed by atoms with Crippen molar-refractivity contribution in [3.8, 4) is 0 Å². The van der Waals surface area contributed by atoms with Crippen LogP contribution in [0.1, 0.15) is 5.56 Å². The maximum atomic E-state index is 11.9. The van der Waals surface area contributed by atoms with Crippen molar-refractivity contribution < 1.29 is 22.9 Å². The van der Waals surface area contributed by atoms with Gasteiger partial charge in [-0.2, -0.15) is 0 Å². The summed E-state index contributed by atoms with van der Waals surface area (Å²) in [6, 6.07) is 6.38. The maximum Gasteiger partial charge on any atom is 0.289 e. The van der Waals surface area contributed by atoms with Crippen LogP contribution < -0.4 is 10.0 Å². The predicted octanol–water partition coefficient (Wildman–Crippen LogP) is -0.0866. The summed E-state index contributed by atoms with van der Waals surface area (Å²) in [5, 5.41) is 16.3. The van der Waals surface area contributed by atoms with Gasteiger partial charge in [0.25, 0.3) is 12.5 Å². The number of amides is 1. The molecule has 0 saturated heterocycles. The van der Waals surface area contributed by atoms with Gasteiger partial charge in [-0.25, -0.2) is 13.1 Å². The number of benzene rings is 1. The molecule has 0 radical (unpaired) electrons. The highest BCUT2D eigenvalue weighted by molar-refractivity contribution is 7.89. The first-order chi connectivity index (χ1) is 10.3. The molecule has 9 nitrogen and oxygen atoms in total. The highest BCUT2D eigenvalue weighted by Crippen LogP contribution is 2.09. The molecule has 1 amide bonds. The van der Waals surface area contributed by atoms with Crippen LogP contribution in [0.4, 0.5) is 0 Å². The number of hydrogen-bond acceptors (Lipinski definition) is 6. The molecule has 1 aromatic rings. The fourth-order valence-corrected chi connectivity index (χ4v) is 2.52. The molecule has 0 aromatic heterocycles. The monoisotopic (exact) mass is 330 g/mol. The molecule has 10 heteroatoms. The van der Waals surface area contributed by atoms with E-state index < -0.39 is 22.5 Å². The molecule has 0 heterocycles. The average molecular weight is 330 g/mol. The van der Waals surface area contributed by atoms with Gasteiger partial charge in [0, 0.05) is 13.1 Å². The normalized spacial score (nSPS) is 12.0. The summed E-state index contributed by atoms with van der Waals surface area (Å²) in [5.41, 5.74) is 0.954. The summed E-state index contributed by atoms with van der Waals surface area (Å²) in [5.74, 6) is -0.592. The molecule has 122 valence electrons. The van der Waals surface area contributed by atoms with Crippen molar-refractivity contribution in [3.63, 3.8) is 0 Å². The van der Waals surface area contributed by atoms with Gasteiger partial charge in [-0.15, -0.1) is 0 Å². The summed E-state index contributed by atoms with van der Waals surface area (Å²) in [6.07, 6.45) is 0. The van der Waals surface area contributed by atoms with Crippen molar-refractivity contribution in [3.05, 3.63) is 35.0 Å². The Hall–Kier alpha value is -2.20. The van der Waals surface area contributed by atoms with Crippen LogP contribution in [0, 0.1) is 12.1 Å². The van der Waals surface area contributed by atoms with E-state index in [1.165, 1.54) is 19.2 Å².